The van der Waals surface area contributed by atoms with E-state index in [1.54, 1.807) is 7.05 Å². The summed E-state index contributed by atoms with van der Waals surface area (Å²) in [4.78, 5) is 11.4. The Hall–Kier alpha value is -2.03. The third kappa shape index (κ3) is 6.48. The van der Waals surface area contributed by atoms with Gasteiger partial charge >= 0.3 is 0 Å². The summed E-state index contributed by atoms with van der Waals surface area (Å²) in [5, 5.41) is 6.79. The maximum atomic E-state index is 5.58. The lowest BCUT2D eigenvalue weighted by atomic mass is 9.99. The molecule has 6 nitrogen and oxygen atoms in total. The lowest BCUT2D eigenvalue weighted by Crippen LogP contribution is -2.38. The first-order valence-corrected chi connectivity index (χ1v) is 11.1. The summed E-state index contributed by atoms with van der Waals surface area (Å²) in [7, 11) is 1.81. The number of nitrogens with zero attached hydrogens (tertiary/aromatic N) is 3. The summed E-state index contributed by atoms with van der Waals surface area (Å²) in [6, 6.07) is 10.8. The van der Waals surface area contributed by atoms with Crippen molar-refractivity contribution in [2.75, 3.05) is 38.2 Å². The van der Waals surface area contributed by atoms with Crippen LogP contribution in [0.4, 0.5) is 5.82 Å². The largest absolute Gasteiger partial charge is 0.493 e. The van der Waals surface area contributed by atoms with E-state index in [4.69, 9.17) is 4.74 Å². The van der Waals surface area contributed by atoms with Crippen molar-refractivity contribution in [3.8, 4) is 5.75 Å². The summed E-state index contributed by atoms with van der Waals surface area (Å²) < 4.78 is 5.58. The average Bonchev–Trinajstić information content (AvgIpc) is 3.25. The summed E-state index contributed by atoms with van der Waals surface area (Å²) >= 11 is 0. The van der Waals surface area contributed by atoms with Crippen LogP contribution in [0.3, 0.4) is 0 Å². The Morgan fingerprint density at radius 3 is 2.71 bits per heavy atom. The van der Waals surface area contributed by atoms with Crippen LogP contribution in [0.25, 0.3) is 0 Å². The average molecular weight is 535 g/mol. The van der Waals surface area contributed by atoms with E-state index >= 15 is 0 Å². The molecule has 2 aliphatic rings. The molecule has 4 rings (SSSR count). The molecule has 0 radical (unpaired) electrons. The molecule has 7 heteroatoms. The molecule has 1 saturated heterocycles. The number of nitrogens with one attached hydrogen (secondary N) is 2. The quantitative estimate of drug-likeness (QED) is 0.335. The van der Waals surface area contributed by atoms with E-state index in [1.165, 1.54) is 24.0 Å². The first-order valence-electron chi connectivity index (χ1n) is 11.1. The molecular weight excluding hydrogens is 501 g/mol. The number of aliphatic imine (C=N–C) groups is 1. The number of hydrogen-bond acceptors (Lipinski definition) is 4. The van der Waals surface area contributed by atoms with Crippen molar-refractivity contribution in [1.82, 2.24) is 15.6 Å². The molecular formula is C24H34IN5O. The van der Waals surface area contributed by atoms with Gasteiger partial charge in [-0.05, 0) is 54.0 Å². The number of fused-ring (bicyclic) bond motifs is 1. The lowest BCUT2D eigenvalue weighted by molar-refractivity contribution is 0.357. The number of benzene rings is 1. The highest BCUT2D eigenvalue weighted by Gasteiger charge is 2.16. The van der Waals surface area contributed by atoms with Gasteiger partial charge in [-0.25, -0.2) is 4.98 Å². The van der Waals surface area contributed by atoms with Crippen molar-refractivity contribution in [3.63, 3.8) is 0 Å². The molecule has 0 amide bonds. The molecule has 0 bridgehead atoms. The zero-order valence-electron chi connectivity index (χ0n) is 18.6. The van der Waals surface area contributed by atoms with Gasteiger partial charge in [0.25, 0.3) is 0 Å². The van der Waals surface area contributed by atoms with E-state index in [0.29, 0.717) is 6.54 Å². The normalized spacial score (nSPS) is 16.3. The van der Waals surface area contributed by atoms with E-state index in [-0.39, 0.29) is 24.0 Å². The number of guanidine groups is 1. The van der Waals surface area contributed by atoms with Crippen LogP contribution in [0.2, 0.25) is 0 Å². The second kappa shape index (κ2) is 11.5. The Bertz CT molecular complexity index is 863. The van der Waals surface area contributed by atoms with Gasteiger partial charge in [-0.15, -0.1) is 24.0 Å². The molecule has 2 aromatic rings. The maximum absolute atomic E-state index is 5.58. The van der Waals surface area contributed by atoms with Gasteiger partial charge in [0, 0.05) is 45.8 Å². The Labute approximate surface area is 202 Å². The van der Waals surface area contributed by atoms with Crippen LogP contribution in [-0.2, 0) is 19.4 Å². The Balaban J connectivity index is 0.00000272. The summed E-state index contributed by atoms with van der Waals surface area (Å²) in [6.07, 6.45) is 6.46. The molecule has 2 aliphatic heterocycles. The van der Waals surface area contributed by atoms with Gasteiger partial charge < -0.3 is 20.3 Å². The van der Waals surface area contributed by atoms with Crippen LogP contribution < -0.4 is 20.3 Å². The fourth-order valence-corrected chi connectivity index (χ4v) is 4.07. The van der Waals surface area contributed by atoms with Gasteiger partial charge in [-0.3, -0.25) is 4.99 Å². The molecule has 0 saturated carbocycles. The standard InChI is InChI=1S/C24H33N5O.HI/c1-18-8-12-29(13-9-18)23-6-4-20(16-27-23)17-28-24(25-2)26-11-7-19-3-5-22-21(15-19)10-14-30-22;/h3-6,15-16,18H,7-14,17H2,1-2H3,(H2,25,26,28);1H. The highest BCUT2D eigenvalue weighted by atomic mass is 127. The second-order valence-electron chi connectivity index (χ2n) is 8.34. The zero-order chi connectivity index (χ0) is 20.8. The molecule has 0 unspecified atom stereocenters. The summed E-state index contributed by atoms with van der Waals surface area (Å²) in [5.74, 6) is 3.78. The van der Waals surface area contributed by atoms with Crippen molar-refractivity contribution in [1.29, 1.82) is 0 Å². The molecule has 0 aliphatic carbocycles. The minimum atomic E-state index is 0. The van der Waals surface area contributed by atoms with Gasteiger partial charge in [0.2, 0.25) is 0 Å². The maximum Gasteiger partial charge on any atom is 0.191 e. The Morgan fingerprint density at radius 1 is 1.16 bits per heavy atom. The molecule has 1 aromatic heterocycles. The van der Waals surface area contributed by atoms with E-state index in [1.807, 2.05) is 6.20 Å². The van der Waals surface area contributed by atoms with Gasteiger partial charge in [-0.1, -0.05) is 25.1 Å². The second-order valence-corrected chi connectivity index (χ2v) is 8.34. The molecule has 1 fully saturated rings. The van der Waals surface area contributed by atoms with Crippen LogP contribution in [0.15, 0.2) is 41.5 Å². The highest BCUT2D eigenvalue weighted by Crippen LogP contribution is 2.26. The number of aromatic nitrogens is 1. The lowest BCUT2D eigenvalue weighted by Gasteiger charge is -2.31. The number of ether oxygens (including phenoxy) is 1. The van der Waals surface area contributed by atoms with E-state index in [2.05, 4.69) is 62.8 Å². The predicted octanol–water partition coefficient (Wildman–Crippen LogP) is 3.78. The number of anilines is 1. The van der Waals surface area contributed by atoms with Gasteiger partial charge in [0.1, 0.15) is 11.6 Å². The zero-order valence-corrected chi connectivity index (χ0v) is 20.9. The summed E-state index contributed by atoms with van der Waals surface area (Å²) in [6.45, 7) is 6.91. The minimum absolute atomic E-state index is 0. The van der Waals surface area contributed by atoms with Crippen LogP contribution >= 0.6 is 24.0 Å². The molecule has 31 heavy (non-hydrogen) atoms. The van der Waals surface area contributed by atoms with Crippen molar-refractivity contribution in [2.24, 2.45) is 10.9 Å². The monoisotopic (exact) mass is 535 g/mol. The number of hydrogen-bond donors (Lipinski definition) is 2. The van der Waals surface area contributed by atoms with Crippen LogP contribution in [-0.4, -0.2) is 44.2 Å². The van der Waals surface area contributed by atoms with E-state index in [0.717, 1.165) is 68.1 Å². The van der Waals surface area contributed by atoms with Crippen LogP contribution in [0.1, 0.15) is 36.5 Å². The summed E-state index contributed by atoms with van der Waals surface area (Å²) in [5.41, 5.74) is 3.81. The molecule has 168 valence electrons. The van der Waals surface area contributed by atoms with Crippen molar-refractivity contribution < 1.29 is 4.74 Å². The fraction of sp³-hybridized carbons (Fsp3) is 0.500. The number of rotatable bonds is 6. The predicted molar refractivity (Wildman–Crippen MR) is 138 cm³/mol. The van der Waals surface area contributed by atoms with Crippen LogP contribution in [0.5, 0.6) is 5.75 Å². The molecule has 3 heterocycles. The molecule has 0 atom stereocenters. The first kappa shape index (κ1) is 23.6. The van der Waals surface area contributed by atoms with Gasteiger partial charge in [0.15, 0.2) is 5.96 Å². The van der Waals surface area contributed by atoms with E-state index in [9.17, 15) is 0 Å². The van der Waals surface area contributed by atoms with Gasteiger partial charge in [-0.2, -0.15) is 0 Å². The highest BCUT2D eigenvalue weighted by molar-refractivity contribution is 14.0. The number of pyridine rings is 1. The van der Waals surface area contributed by atoms with Crippen molar-refractivity contribution in [2.45, 2.75) is 39.2 Å². The van der Waals surface area contributed by atoms with Gasteiger partial charge in [0.05, 0.1) is 6.61 Å². The minimum Gasteiger partial charge on any atom is -0.493 e. The smallest absolute Gasteiger partial charge is 0.191 e. The molecule has 0 spiro atoms. The number of piperidine rings is 1. The number of halogens is 1. The van der Waals surface area contributed by atoms with Crippen molar-refractivity contribution >= 4 is 35.8 Å². The SMILES string of the molecule is CN=C(NCCc1ccc2c(c1)CCO2)NCc1ccc(N2CCC(C)CC2)nc1.I. The van der Waals surface area contributed by atoms with E-state index < -0.39 is 0 Å². The van der Waals surface area contributed by atoms with Crippen molar-refractivity contribution in [3.05, 3.63) is 53.2 Å². The molecule has 1 aromatic carbocycles. The topological polar surface area (TPSA) is 61.8 Å². The molecule has 2 N–H and O–H groups in total. The first-order chi connectivity index (χ1) is 14.7. The van der Waals surface area contributed by atoms with Crippen LogP contribution in [0, 0.1) is 5.92 Å². The Kier molecular flexibility index (Phi) is 8.80. The fourth-order valence-electron chi connectivity index (χ4n) is 4.07. The Morgan fingerprint density at radius 2 is 1.97 bits per heavy atom. The third-order valence-electron chi connectivity index (χ3n) is 6.06. The third-order valence-corrected chi connectivity index (χ3v) is 6.06.